The predicted molar refractivity (Wildman–Crippen MR) is 91.5 cm³/mol. The van der Waals surface area contributed by atoms with Gasteiger partial charge in [0.05, 0.1) is 0 Å². The fourth-order valence-electron chi connectivity index (χ4n) is 3.33. The monoisotopic (exact) mass is 310 g/mol. The summed E-state index contributed by atoms with van der Waals surface area (Å²) in [5, 5.41) is 0.856. The van der Waals surface area contributed by atoms with Gasteiger partial charge in [0.25, 0.3) is 0 Å². The molecular weight excluding hydrogens is 292 g/mol. The summed E-state index contributed by atoms with van der Waals surface area (Å²) in [5.41, 5.74) is 2.34. The standard InChI is InChI=1S/C18H18N2OS/c1-2-11-3-5-13-15(9-11)22-16-10-12(18-19-7-8-20-18)4-6-14(16)17(13)21/h4,6-8,10-11H,2-3,5,9H2,1H3,(H,19,20). The van der Waals surface area contributed by atoms with Crippen LogP contribution in [0.2, 0.25) is 0 Å². The molecule has 0 saturated carbocycles. The highest BCUT2D eigenvalue weighted by Crippen LogP contribution is 2.33. The SMILES string of the molecule is CCC1CCc2c(sc3cc(-c4ncc[nH]4)ccc3c2=O)C1. The van der Waals surface area contributed by atoms with Crippen LogP contribution in [0, 0.1) is 5.92 Å². The molecule has 0 aliphatic heterocycles. The Kier molecular flexibility index (Phi) is 3.34. The van der Waals surface area contributed by atoms with Crippen molar-refractivity contribution in [2.24, 2.45) is 5.92 Å². The van der Waals surface area contributed by atoms with Crippen LogP contribution in [0.25, 0.3) is 21.5 Å². The highest BCUT2D eigenvalue weighted by atomic mass is 32.1. The molecule has 3 aromatic rings. The van der Waals surface area contributed by atoms with E-state index in [-0.39, 0.29) is 5.43 Å². The Labute approximate surface area is 133 Å². The highest BCUT2D eigenvalue weighted by Gasteiger charge is 2.21. The number of benzene rings is 1. The van der Waals surface area contributed by atoms with Crippen LogP contribution in [-0.2, 0) is 12.8 Å². The largest absolute Gasteiger partial charge is 0.345 e. The Morgan fingerprint density at radius 3 is 3.09 bits per heavy atom. The normalized spacial score (nSPS) is 17.6. The first kappa shape index (κ1) is 13.7. The molecule has 0 radical (unpaired) electrons. The Balaban J connectivity index is 1.89. The quantitative estimate of drug-likeness (QED) is 0.772. The van der Waals surface area contributed by atoms with Crippen molar-refractivity contribution in [1.29, 1.82) is 0 Å². The van der Waals surface area contributed by atoms with Crippen LogP contribution in [0.4, 0.5) is 0 Å². The molecule has 1 N–H and O–H groups in total. The minimum Gasteiger partial charge on any atom is -0.345 e. The highest BCUT2D eigenvalue weighted by molar-refractivity contribution is 7.18. The van der Waals surface area contributed by atoms with Gasteiger partial charge >= 0.3 is 0 Å². The van der Waals surface area contributed by atoms with Crippen LogP contribution in [0.15, 0.2) is 35.4 Å². The van der Waals surface area contributed by atoms with E-state index in [2.05, 4.69) is 23.0 Å². The summed E-state index contributed by atoms with van der Waals surface area (Å²) in [6, 6.07) is 6.04. The second kappa shape index (κ2) is 5.36. The first-order valence-electron chi connectivity index (χ1n) is 7.84. The van der Waals surface area contributed by atoms with Gasteiger partial charge in [-0.15, -0.1) is 11.3 Å². The number of aromatic amines is 1. The van der Waals surface area contributed by atoms with Gasteiger partial charge in [0.2, 0.25) is 0 Å². The molecule has 1 aliphatic carbocycles. The van der Waals surface area contributed by atoms with Crippen LogP contribution in [0.5, 0.6) is 0 Å². The van der Waals surface area contributed by atoms with Crippen molar-refractivity contribution >= 4 is 21.4 Å². The van der Waals surface area contributed by atoms with Gasteiger partial charge in [-0.2, -0.15) is 0 Å². The third kappa shape index (κ3) is 2.18. The molecule has 0 saturated heterocycles. The van der Waals surface area contributed by atoms with E-state index in [1.54, 1.807) is 17.5 Å². The molecule has 4 rings (SSSR count). The van der Waals surface area contributed by atoms with Crippen molar-refractivity contribution in [2.75, 3.05) is 0 Å². The third-order valence-corrected chi connectivity index (χ3v) is 5.91. The molecular formula is C18H18N2OS. The molecule has 112 valence electrons. The lowest BCUT2D eigenvalue weighted by Crippen LogP contribution is -2.20. The Hall–Kier alpha value is -1.94. The maximum atomic E-state index is 12.7. The lowest BCUT2D eigenvalue weighted by molar-refractivity contribution is 0.448. The number of nitrogens with one attached hydrogen (secondary N) is 1. The van der Waals surface area contributed by atoms with Crippen LogP contribution in [-0.4, -0.2) is 9.97 Å². The van der Waals surface area contributed by atoms with Crippen molar-refractivity contribution < 1.29 is 0 Å². The molecule has 1 unspecified atom stereocenters. The summed E-state index contributed by atoms with van der Waals surface area (Å²) >= 11 is 1.79. The minimum atomic E-state index is 0.240. The lowest BCUT2D eigenvalue weighted by Gasteiger charge is -2.22. The van der Waals surface area contributed by atoms with Gasteiger partial charge in [-0.25, -0.2) is 4.98 Å². The number of hydrogen-bond donors (Lipinski definition) is 1. The number of rotatable bonds is 2. The summed E-state index contributed by atoms with van der Waals surface area (Å²) < 4.78 is 1.08. The maximum absolute atomic E-state index is 12.7. The van der Waals surface area contributed by atoms with Gasteiger partial charge in [0.1, 0.15) is 5.82 Å². The van der Waals surface area contributed by atoms with Gasteiger partial charge in [0, 0.05) is 38.5 Å². The maximum Gasteiger partial charge on any atom is 0.191 e. The zero-order valence-electron chi connectivity index (χ0n) is 12.6. The van der Waals surface area contributed by atoms with E-state index in [4.69, 9.17) is 0 Å². The summed E-state index contributed by atoms with van der Waals surface area (Å²) in [7, 11) is 0. The van der Waals surface area contributed by atoms with Gasteiger partial charge in [-0.3, -0.25) is 4.79 Å². The molecule has 0 amide bonds. The molecule has 1 atom stereocenters. The molecule has 22 heavy (non-hydrogen) atoms. The Bertz CT molecular complexity index is 880. The van der Waals surface area contributed by atoms with E-state index in [9.17, 15) is 4.79 Å². The van der Waals surface area contributed by atoms with E-state index in [0.29, 0.717) is 0 Å². The first-order valence-corrected chi connectivity index (χ1v) is 8.66. The van der Waals surface area contributed by atoms with Crippen molar-refractivity contribution in [3.8, 4) is 11.4 Å². The topological polar surface area (TPSA) is 45.8 Å². The van der Waals surface area contributed by atoms with Crippen molar-refractivity contribution in [2.45, 2.75) is 32.6 Å². The molecule has 4 heteroatoms. The molecule has 3 nitrogen and oxygen atoms in total. The van der Waals surface area contributed by atoms with Crippen LogP contribution < -0.4 is 5.43 Å². The smallest absolute Gasteiger partial charge is 0.191 e. The van der Waals surface area contributed by atoms with Gasteiger partial charge in [-0.05, 0) is 37.3 Å². The number of aromatic nitrogens is 2. The van der Waals surface area contributed by atoms with Crippen molar-refractivity contribution in [1.82, 2.24) is 9.97 Å². The van der Waals surface area contributed by atoms with E-state index in [0.717, 1.165) is 52.2 Å². The molecule has 0 spiro atoms. The summed E-state index contributed by atoms with van der Waals surface area (Å²) in [5.74, 6) is 1.58. The fraction of sp³-hybridized carbons (Fsp3) is 0.333. The number of imidazole rings is 1. The third-order valence-electron chi connectivity index (χ3n) is 4.70. The van der Waals surface area contributed by atoms with E-state index >= 15 is 0 Å². The van der Waals surface area contributed by atoms with Crippen molar-refractivity contribution in [3.63, 3.8) is 0 Å². The number of hydrogen-bond acceptors (Lipinski definition) is 3. The van der Waals surface area contributed by atoms with Gasteiger partial charge < -0.3 is 4.98 Å². The second-order valence-corrected chi connectivity index (χ2v) is 7.14. The van der Waals surface area contributed by atoms with E-state index < -0.39 is 0 Å². The number of fused-ring (bicyclic) bond motifs is 2. The first-order chi connectivity index (χ1) is 10.8. The molecule has 0 fully saturated rings. The van der Waals surface area contributed by atoms with Gasteiger partial charge in [0.15, 0.2) is 5.43 Å². The number of H-pyrrole nitrogens is 1. The van der Waals surface area contributed by atoms with Gasteiger partial charge in [-0.1, -0.05) is 19.4 Å². The van der Waals surface area contributed by atoms with Crippen LogP contribution in [0.1, 0.15) is 30.2 Å². The van der Waals surface area contributed by atoms with Crippen LogP contribution >= 0.6 is 11.3 Å². The fourth-order valence-corrected chi connectivity index (χ4v) is 4.69. The molecule has 2 heterocycles. The molecule has 1 aromatic carbocycles. The van der Waals surface area contributed by atoms with E-state index in [1.807, 2.05) is 18.3 Å². The van der Waals surface area contributed by atoms with Crippen LogP contribution in [0.3, 0.4) is 0 Å². The minimum absolute atomic E-state index is 0.240. The Morgan fingerprint density at radius 1 is 1.41 bits per heavy atom. The average molecular weight is 310 g/mol. The van der Waals surface area contributed by atoms with Crippen molar-refractivity contribution in [3.05, 3.63) is 51.3 Å². The molecule has 1 aliphatic rings. The zero-order chi connectivity index (χ0) is 15.1. The number of nitrogens with zero attached hydrogens (tertiary/aromatic N) is 1. The Morgan fingerprint density at radius 2 is 2.32 bits per heavy atom. The van der Waals surface area contributed by atoms with E-state index in [1.165, 1.54) is 11.3 Å². The average Bonchev–Trinajstić information content (AvgIpc) is 3.08. The zero-order valence-corrected chi connectivity index (χ0v) is 13.4. The lowest BCUT2D eigenvalue weighted by atomic mass is 9.86. The summed E-state index contributed by atoms with van der Waals surface area (Å²) in [6.07, 6.45) is 7.93. The molecule has 0 bridgehead atoms. The molecule has 2 aromatic heterocycles. The second-order valence-electron chi connectivity index (χ2n) is 6.00. The summed E-state index contributed by atoms with van der Waals surface area (Å²) in [4.78, 5) is 21.5. The predicted octanol–water partition coefficient (Wildman–Crippen LogP) is 4.17. The summed E-state index contributed by atoms with van der Waals surface area (Å²) in [6.45, 7) is 2.24.